The summed E-state index contributed by atoms with van der Waals surface area (Å²) in [5.41, 5.74) is 6.62. The molecule has 0 aromatic carbocycles. The van der Waals surface area contributed by atoms with E-state index in [1.165, 1.54) is 5.69 Å². The topological polar surface area (TPSA) is 69.2 Å². The largest absolute Gasteiger partial charge is 0.481 e. The minimum absolute atomic E-state index is 0.556. The number of hydrogen-bond acceptors (Lipinski definition) is 6. The zero-order chi connectivity index (χ0) is 21.4. The van der Waals surface area contributed by atoms with Crippen LogP contribution >= 0.6 is 0 Å². The number of methoxy groups -OCH3 is 1. The summed E-state index contributed by atoms with van der Waals surface area (Å²) in [5, 5.41) is 5.21. The van der Waals surface area contributed by atoms with Crippen molar-refractivity contribution in [1.82, 2.24) is 24.6 Å². The zero-order valence-electron chi connectivity index (χ0n) is 18.4. The van der Waals surface area contributed by atoms with Gasteiger partial charge in [0, 0.05) is 30.4 Å². The lowest BCUT2D eigenvalue weighted by atomic mass is 10.0. The summed E-state index contributed by atoms with van der Waals surface area (Å²) in [7, 11) is 5.81. The number of fused-ring (bicyclic) bond motifs is 1. The molecule has 156 valence electrons. The van der Waals surface area contributed by atoms with Crippen molar-refractivity contribution < 1.29 is 9.26 Å². The average Bonchev–Trinajstić information content (AvgIpc) is 3.23. The Morgan fingerprint density at radius 1 is 1.17 bits per heavy atom. The molecule has 7 heteroatoms. The van der Waals surface area contributed by atoms with Crippen LogP contribution in [0.1, 0.15) is 17.1 Å². The van der Waals surface area contributed by atoms with Crippen LogP contribution < -0.4 is 4.74 Å². The number of nitrogens with zero attached hydrogens (tertiary/aromatic N) is 5. The van der Waals surface area contributed by atoms with Gasteiger partial charge in [0.15, 0.2) is 0 Å². The summed E-state index contributed by atoms with van der Waals surface area (Å²) in [6.45, 7) is 7.83. The molecule has 0 fully saturated rings. The van der Waals surface area contributed by atoms with Gasteiger partial charge in [-0.1, -0.05) is 5.16 Å². The fourth-order valence-corrected chi connectivity index (χ4v) is 3.90. The van der Waals surface area contributed by atoms with Crippen molar-refractivity contribution >= 4 is 10.9 Å². The molecule has 0 aliphatic heterocycles. The van der Waals surface area contributed by atoms with Gasteiger partial charge in [-0.15, -0.1) is 0 Å². The molecule has 0 spiro atoms. The van der Waals surface area contributed by atoms with Crippen LogP contribution in [-0.4, -0.2) is 52.3 Å². The van der Waals surface area contributed by atoms with Crippen LogP contribution in [0.3, 0.4) is 0 Å². The van der Waals surface area contributed by atoms with Crippen LogP contribution in [0.5, 0.6) is 5.88 Å². The molecule has 0 saturated heterocycles. The van der Waals surface area contributed by atoms with Crippen LogP contribution in [0.2, 0.25) is 0 Å². The maximum absolute atomic E-state index is 5.55. The molecule has 7 nitrogen and oxygen atoms in total. The van der Waals surface area contributed by atoms with E-state index in [4.69, 9.17) is 14.2 Å². The molecule has 0 unspecified atom stereocenters. The number of ether oxygens (including phenoxy) is 1. The van der Waals surface area contributed by atoms with Crippen molar-refractivity contribution in [2.45, 2.75) is 27.3 Å². The molecule has 0 amide bonds. The molecule has 0 saturated carbocycles. The van der Waals surface area contributed by atoms with E-state index in [-0.39, 0.29) is 0 Å². The quantitative estimate of drug-likeness (QED) is 0.478. The second kappa shape index (κ2) is 7.91. The van der Waals surface area contributed by atoms with Gasteiger partial charge in [-0.2, -0.15) is 0 Å². The molecule has 4 heterocycles. The minimum atomic E-state index is 0.556. The highest BCUT2D eigenvalue weighted by molar-refractivity contribution is 5.97. The molecule has 0 atom stereocenters. The Balaban J connectivity index is 2.03. The van der Waals surface area contributed by atoms with Gasteiger partial charge in [-0.25, -0.2) is 9.97 Å². The van der Waals surface area contributed by atoms with E-state index < -0.39 is 0 Å². The summed E-state index contributed by atoms with van der Waals surface area (Å²) in [6.07, 6.45) is 1.73. The molecule has 0 aliphatic rings. The highest BCUT2D eigenvalue weighted by atomic mass is 16.5. The fraction of sp³-hybridized carbons (Fsp3) is 0.348. The van der Waals surface area contributed by atoms with Gasteiger partial charge in [0.2, 0.25) is 5.88 Å². The molecule has 4 aromatic heterocycles. The minimum Gasteiger partial charge on any atom is -0.481 e. The number of pyridine rings is 2. The molecule has 0 radical (unpaired) electrons. The van der Waals surface area contributed by atoms with Crippen molar-refractivity contribution in [2.75, 3.05) is 27.7 Å². The third-order valence-corrected chi connectivity index (χ3v) is 5.39. The number of aryl methyl sites for hydroxylation is 3. The molecule has 4 rings (SSSR count). The summed E-state index contributed by atoms with van der Waals surface area (Å²) in [4.78, 5) is 11.6. The standard InChI is InChI=1S/C23H27N5O2/c1-14-12-18-20(28(14)11-10-27(4)5)13-19(21-15(2)26-30-16(21)3)25-22(18)17-8-7-9-24-23(17)29-6/h7-9,12-13H,10-11H2,1-6H3. The van der Waals surface area contributed by atoms with E-state index in [1.54, 1.807) is 13.3 Å². The van der Waals surface area contributed by atoms with E-state index in [0.29, 0.717) is 5.88 Å². The highest BCUT2D eigenvalue weighted by Gasteiger charge is 2.21. The second-order valence-electron chi connectivity index (χ2n) is 7.79. The monoisotopic (exact) mass is 405 g/mol. The van der Waals surface area contributed by atoms with Gasteiger partial charge in [0.25, 0.3) is 0 Å². The van der Waals surface area contributed by atoms with Gasteiger partial charge in [0.1, 0.15) is 5.76 Å². The van der Waals surface area contributed by atoms with E-state index in [0.717, 1.165) is 58.0 Å². The Morgan fingerprint density at radius 2 is 1.97 bits per heavy atom. The van der Waals surface area contributed by atoms with Crippen molar-refractivity contribution in [3.63, 3.8) is 0 Å². The van der Waals surface area contributed by atoms with Gasteiger partial charge in [-0.3, -0.25) is 0 Å². The number of likely N-dealkylation sites (N-methyl/N-ethyl adjacent to an activating group) is 1. The Morgan fingerprint density at radius 3 is 2.63 bits per heavy atom. The lowest BCUT2D eigenvalue weighted by Gasteiger charge is -2.14. The Hall–Kier alpha value is -3.19. The lowest BCUT2D eigenvalue weighted by molar-refractivity contribution is 0.385. The molecule has 30 heavy (non-hydrogen) atoms. The molecule has 4 aromatic rings. The van der Waals surface area contributed by atoms with Crippen LogP contribution in [-0.2, 0) is 6.54 Å². The van der Waals surface area contributed by atoms with Crippen LogP contribution in [0.15, 0.2) is 35.0 Å². The van der Waals surface area contributed by atoms with Crippen LogP contribution in [0, 0.1) is 20.8 Å². The summed E-state index contributed by atoms with van der Waals surface area (Å²) < 4.78 is 13.3. The number of hydrogen-bond donors (Lipinski definition) is 0. The van der Waals surface area contributed by atoms with Crippen molar-refractivity contribution in [2.24, 2.45) is 0 Å². The predicted octanol–water partition coefficient (Wildman–Crippen LogP) is 4.25. The van der Waals surface area contributed by atoms with E-state index in [9.17, 15) is 0 Å². The number of aromatic nitrogens is 4. The Bertz CT molecular complexity index is 1190. The molecule has 0 aliphatic carbocycles. The van der Waals surface area contributed by atoms with E-state index in [1.807, 2.05) is 26.0 Å². The smallest absolute Gasteiger partial charge is 0.222 e. The SMILES string of the molecule is COc1ncccc1-c1nc(-c2c(C)noc2C)cc2c1cc(C)n2CCN(C)C. The van der Waals surface area contributed by atoms with Gasteiger partial charge in [-0.05, 0) is 59.1 Å². The molecular formula is C23H27N5O2. The third-order valence-electron chi connectivity index (χ3n) is 5.39. The average molecular weight is 406 g/mol. The van der Waals surface area contributed by atoms with Gasteiger partial charge in [0.05, 0.1) is 40.8 Å². The van der Waals surface area contributed by atoms with Crippen LogP contribution in [0.25, 0.3) is 33.4 Å². The predicted molar refractivity (Wildman–Crippen MR) is 118 cm³/mol. The highest BCUT2D eigenvalue weighted by Crippen LogP contribution is 2.37. The Kier molecular flexibility index (Phi) is 5.30. The first-order valence-electron chi connectivity index (χ1n) is 9.99. The van der Waals surface area contributed by atoms with Gasteiger partial charge < -0.3 is 18.7 Å². The normalized spacial score (nSPS) is 11.6. The maximum Gasteiger partial charge on any atom is 0.222 e. The van der Waals surface area contributed by atoms with E-state index >= 15 is 0 Å². The first-order valence-corrected chi connectivity index (χ1v) is 9.99. The van der Waals surface area contributed by atoms with Crippen LogP contribution in [0.4, 0.5) is 0 Å². The van der Waals surface area contributed by atoms with Gasteiger partial charge >= 0.3 is 0 Å². The molecular weight excluding hydrogens is 378 g/mol. The lowest BCUT2D eigenvalue weighted by Crippen LogP contribution is -2.18. The van der Waals surface area contributed by atoms with Crippen molar-refractivity contribution in [3.8, 4) is 28.4 Å². The van der Waals surface area contributed by atoms with Crippen molar-refractivity contribution in [1.29, 1.82) is 0 Å². The first-order chi connectivity index (χ1) is 14.4. The summed E-state index contributed by atoms with van der Waals surface area (Å²) in [6, 6.07) is 8.23. The third kappa shape index (κ3) is 3.45. The van der Waals surface area contributed by atoms with E-state index in [2.05, 4.69) is 52.8 Å². The number of rotatable bonds is 6. The maximum atomic E-state index is 5.55. The Labute approximate surface area is 176 Å². The summed E-state index contributed by atoms with van der Waals surface area (Å²) >= 11 is 0. The first kappa shape index (κ1) is 20.1. The summed E-state index contributed by atoms with van der Waals surface area (Å²) in [5.74, 6) is 1.31. The molecule has 0 bridgehead atoms. The van der Waals surface area contributed by atoms with Crippen molar-refractivity contribution in [3.05, 3.63) is 47.6 Å². The zero-order valence-corrected chi connectivity index (χ0v) is 18.4. The molecule has 0 N–H and O–H groups in total. The fourth-order valence-electron chi connectivity index (χ4n) is 3.90. The second-order valence-corrected chi connectivity index (χ2v) is 7.79.